The van der Waals surface area contributed by atoms with Gasteiger partial charge < -0.3 is 24.6 Å². The lowest BCUT2D eigenvalue weighted by molar-refractivity contribution is -0.139. The lowest BCUT2D eigenvalue weighted by atomic mass is 9.98. The highest BCUT2D eigenvalue weighted by atomic mass is 19.1. The number of carbonyl (C=O) groups excluding carboxylic acids is 1. The molecule has 4 aromatic carbocycles. The number of rotatable bonds is 10. The number of aliphatic carboxylic acids is 1. The van der Waals surface area contributed by atoms with Gasteiger partial charge in [0.05, 0.1) is 7.11 Å². The van der Waals surface area contributed by atoms with Crippen molar-refractivity contribution in [2.45, 2.75) is 25.0 Å². The summed E-state index contributed by atoms with van der Waals surface area (Å²) >= 11 is 0. The number of carboxylic acids is 1. The van der Waals surface area contributed by atoms with Crippen LogP contribution in [0.15, 0.2) is 91.0 Å². The SMILES string of the molecule is COc1cc(CC(NC(=O)OCC2c3ccccc3-c3ccccc32)C(=O)O)ccc1OCc1ccc(F)cc1. The lowest BCUT2D eigenvalue weighted by Crippen LogP contribution is -2.42. The fraction of sp³-hybridized carbons (Fsp3) is 0.188. The summed E-state index contributed by atoms with van der Waals surface area (Å²) < 4.78 is 29.9. The quantitative estimate of drug-likeness (QED) is 0.258. The molecule has 7 nitrogen and oxygen atoms in total. The van der Waals surface area contributed by atoms with Gasteiger partial charge in [-0.3, -0.25) is 0 Å². The van der Waals surface area contributed by atoms with Gasteiger partial charge in [-0.1, -0.05) is 66.7 Å². The van der Waals surface area contributed by atoms with Crippen molar-refractivity contribution in [1.82, 2.24) is 5.32 Å². The second kappa shape index (κ2) is 11.9. The minimum atomic E-state index is -1.22. The molecule has 1 aliphatic carbocycles. The minimum absolute atomic E-state index is 0.00807. The molecule has 0 aliphatic heterocycles. The number of hydrogen-bond acceptors (Lipinski definition) is 5. The molecular formula is C32H28FNO6. The fourth-order valence-corrected chi connectivity index (χ4v) is 4.92. The van der Waals surface area contributed by atoms with E-state index in [1.807, 2.05) is 48.5 Å². The molecule has 1 atom stereocenters. The van der Waals surface area contributed by atoms with Crippen LogP contribution in [0.25, 0.3) is 11.1 Å². The minimum Gasteiger partial charge on any atom is -0.493 e. The van der Waals surface area contributed by atoms with Gasteiger partial charge in [0.25, 0.3) is 0 Å². The number of carbonyl (C=O) groups is 2. The summed E-state index contributed by atoms with van der Waals surface area (Å²) in [6.07, 6.45) is -0.797. The maximum Gasteiger partial charge on any atom is 0.407 e. The summed E-state index contributed by atoms with van der Waals surface area (Å²) in [5.41, 5.74) is 5.76. The maximum atomic E-state index is 13.1. The van der Waals surface area contributed by atoms with Crippen LogP contribution in [-0.2, 0) is 22.6 Å². The van der Waals surface area contributed by atoms with E-state index in [9.17, 15) is 19.1 Å². The molecule has 0 saturated heterocycles. The number of hydrogen-bond donors (Lipinski definition) is 2. The summed E-state index contributed by atoms with van der Waals surface area (Å²) in [4.78, 5) is 24.7. The number of carboxylic acid groups (broad SMARTS) is 1. The first-order valence-corrected chi connectivity index (χ1v) is 12.8. The number of benzene rings is 4. The molecule has 1 aliphatic rings. The monoisotopic (exact) mass is 541 g/mol. The molecule has 40 heavy (non-hydrogen) atoms. The Morgan fingerprint density at radius 3 is 2.12 bits per heavy atom. The fourth-order valence-electron chi connectivity index (χ4n) is 4.92. The van der Waals surface area contributed by atoms with Crippen LogP contribution in [0.1, 0.15) is 28.2 Å². The third-order valence-corrected chi connectivity index (χ3v) is 6.91. The highest BCUT2D eigenvalue weighted by Gasteiger charge is 2.30. The molecule has 0 heterocycles. The summed E-state index contributed by atoms with van der Waals surface area (Å²) in [6.45, 7) is 0.289. The molecule has 1 unspecified atom stereocenters. The van der Waals surface area contributed by atoms with Crippen LogP contribution in [0.5, 0.6) is 11.5 Å². The van der Waals surface area contributed by atoms with Crippen molar-refractivity contribution in [2.75, 3.05) is 13.7 Å². The number of halogens is 1. The van der Waals surface area contributed by atoms with Gasteiger partial charge in [0, 0.05) is 12.3 Å². The average Bonchev–Trinajstić information content (AvgIpc) is 3.29. The molecular weight excluding hydrogens is 513 g/mol. The van der Waals surface area contributed by atoms with Gasteiger partial charge in [-0.2, -0.15) is 0 Å². The van der Waals surface area contributed by atoms with Crippen molar-refractivity contribution >= 4 is 12.1 Å². The smallest absolute Gasteiger partial charge is 0.407 e. The lowest BCUT2D eigenvalue weighted by Gasteiger charge is -2.18. The Kier molecular flexibility index (Phi) is 7.96. The molecule has 0 saturated carbocycles. The van der Waals surface area contributed by atoms with Crippen molar-refractivity contribution < 1.29 is 33.3 Å². The molecule has 0 radical (unpaired) electrons. The maximum absolute atomic E-state index is 13.1. The number of amides is 1. The van der Waals surface area contributed by atoms with Crippen LogP contribution in [0.4, 0.5) is 9.18 Å². The normalized spacial score (nSPS) is 12.7. The van der Waals surface area contributed by atoms with E-state index in [0.717, 1.165) is 27.8 Å². The Morgan fingerprint density at radius 1 is 0.875 bits per heavy atom. The second-order valence-electron chi connectivity index (χ2n) is 9.47. The summed E-state index contributed by atoms with van der Waals surface area (Å²) in [5.74, 6) is -0.792. The van der Waals surface area contributed by atoms with Crippen molar-refractivity contribution in [3.63, 3.8) is 0 Å². The van der Waals surface area contributed by atoms with E-state index in [4.69, 9.17) is 14.2 Å². The Morgan fingerprint density at radius 2 is 1.50 bits per heavy atom. The zero-order chi connectivity index (χ0) is 28.1. The molecule has 1 amide bonds. The third kappa shape index (κ3) is 5.91. The van der Waals surface area contributed by atoms with Crippen molar-refractivity contribution in [3.05, 3.63) is 119 Å². The molecule has 5 rings (SSSR count). The number of alkyl carbamates (subject to hydrolysis) is 1. The van der Waals surface area contributed by atoms with E-state index in [-0.39, 0.29) is 31.4 Å². The molecule has 4 aromatic rings. The first-order chi connectivity index (χ1) is 19.4. The zero-order valence-corrected chi connectivity index (χ0v) is 21.8. The predicted molar refractivity (Wildman–Crippen MR) is 147 cm³/mol. The first-order valence-electron chi connectivity index (χ1n) is 12.8. The highest BCUT2D eigenvalue weighted by Crippen LogP contribution is 2.44. The number of nitrogens with one attached hydrogen (secondary N) is 1. The van der Waals surface area contributed by atoms with Gasteiger partial charge >= 0.3 is 12.1 Å². The van der Waals surface area contributed by atoms with E-state index in [2.05, 4.69) is 5.32 Å². The summed E-state index contributed by atoms with van der Waals surface area (Å²) in [6, 6.07) is 25.8. The number of fused-ring (bicyclic) bond motifs is 3. The largest absolute Gasteiger partial charge is 0.493 e. The Bertz CT molecular complexity index is 1470. The van der Waals surface area contributed by atoms with Gasteiger partial charge in [0.15, 0.2) is 11.5 Å². The topological polar surface area (TPSA) is 94.1 Å². The van der Waals surface area contributed by atoms with E-state index < -0.39 is 18.1 Å². The van der Waals surface area contributed by atoms with Crippen LogP contribution in [-0.4, -0.2) is 36.9 Å². The van der Waals surface area contributed by atoms with E-state index in [0.29, 0.717) is 17.1 Å². The molecule has 8 heteroatoms. The van der Waals surface area contributed by atoms with Crippen LogP contribution in [0.2, 0.25) is 0 Å². The Balaban J connectivity index is 1.21. The molecule has 0 spiro atoms. The van der Waals surface area contributed by atoms with Crippen molar-refractivity contribution in [1.29, 1.82) is 0 Å². The molecule has 0 fully saturated rings. The van der Waals surface area contributed by atoms with Gasteiger partial charge in [-0.25, -0.2) is 14.0 Å². The van der Waals surface area contributed by atoms with Crippen LogP contribution in [0, 0.1) is 5.82 Å². The second-order valence-corrected chi connectivity index (χ2v) is 9.47. The van der Waals surface area contributed by atoms with Gasteiger partial charge in [0.1, 0.15) is 25.1 Å². The average molecular weight is 542 g/mol. The van der Waals surface area contributed by atoms with Gasteiger partial charge in [-0.15, -0.1) is 0 Å². The van der Waals surface area contributed by atoms with Gasteiger partial charge in [-0.05, 0) is 57.6 Å². The first kappa shape index (κ1) is 26.7. The third-order valence-electron chi connectivity index (χ3n) is 6.91. The van der Waals surface area contributed by atoms with E-state index in [1.165, 1.54) is 19.2 Å². The molecule has 0 bridgehead atoms. The van der Waals surface area contributed by atoms with E-state index >= 15 is 0 Å². The van der Waals surface area contributed by atoms with E-state index in [1.54, 1.807) is 30.3 Å². The zero-order valence-electron chi connectivity index (χ0n) is 21.8. The summed E-state index contributed by atoms with van der Waals surface area (Å²) in [5, 5.41) is 12.3. The van der Waals surface area contributed by atoms with Crippen LogP contribution >= 0.6 is 0 Å². The number of methoxy groups -OCH3 is 1. The molecule has 2 N–H and O–H groups in total. The Labute approximate surface area is 231 Å². The summed E-state index contributed by atoms with van der Waals surface area (Å²) in [7, 11) is 1.48. The van der Waals surface area contributed by atoms with Gasteiger partial charge in [0.2, 0.25) is 0 Å². The molecule has 0 aromatic heterocycles. The molecule has 204 valence electrons. The van der Waals surface area contributed by atoms with Crippen molar-refractivity contribution in [2.24, 2.45) is 0 Å². The predicted octanol–water partition coefficient (Wildman–Crippen LogP) is 5.95. The standard InChI is InChI=1S/C32H28FNO6/c1-38-30-17-21(12-15-29(30)39-18-20-10-13-22(33)14-11-20)16-28(31(35)36)34-32(37)40-19-27-25-8-4-2-6-23(25)24-7-3-5-9-26(24)27/h2-15,17,27-28H,16,18-19H2,1H3,(H,34,37)(H,35,36). The highest BCUT2D eigenvalue weighted by molar-refractivity contribution is 5.81. The van der Waals surface area contributed by atoms with Crippen LogP contribution < -0.4 is 14.8 Å². The number of ether oxygens (including phenoxy) is 3. The van der Waals surface area contributed by atoms with Crippen molar-refractivity contribution in [3.8, 4) is 22.6 Å². The Hall–Kier alpha value is -4.85. The van der Waals surface area contributed by atoms with Crippen LogP contribution in [0.3, 0.4) is 0 Å².